The van der Waals surface area contributed by atoms with E-state index >= 15 is 0 Å². The van der Waals surface area contributed by atoms with Crippen molar-refractivity contribution in [3.8, 4) is 0 Å². The molecule has 5 heteroatoms. The van der Waals surface area contributed by atoms with Crippen LogP contribution in [-0.2, 0) is 0 Å². The molecular formula is C9H14S5. The number of thioether (sulfide) groups is 4. The van der Waals surface area contributed by atoms with Gasteiger partial charge in [0.25, 0.3) is 0 Å². The fraction of sp³-hybridized carbons (Fsp3) is 1.00. The second-order valence-corrected chi connectivity index (χ2v) is 14.9. The molecule has 0 nitrogen and oxygen atoms in total. The van der Waals surface area contributed by atoms with E-state index in [0.29, 0.717) is 12.2 Å². The van der Waals surface area contributed by atoms with Gasteiger partial charge in [-0.2, -0.15) is 12.6 Å². The molecule has 0 aliphatic carbocycles. The van der Waals surface area contributed by atoms with Crippen LogP contribution in [0.3, 0.4) is 0 Å². The Morgan fingerprint density at radius 3 is 1.57 bits per heavy atom. The first-order chi connectivity index (χ1) is 6.24. The van der Waals surface area contributed by atoms with E-state index in [-0.39, 0.29) is 3.41 Å². The minimum Gasteiger partial charge on any atom is -0.151 e. The quantitative estimate of drug-likeness (QED) is 0.651. The lowest BCUT2D eigenvalue weighted by Gasteiger charge is -2.65. The van der Waals surface area contributed by atoms with E-state index in [1.54, 1.807) is 0 Å². The van der Waals surface area contributed by atoms with E-state index < -0.39 is 0 Å². The maximum Gasteiger partial charge on any atom is 0.108 e. The predicted molar refractivity (Wildman–Crippen MR) is 76.5 cm³/mol. The van der Waals surface area contributed by atoms with Crippen molar-refractivity contribution in [1.82, 2.24) is 0 Å². The van der Waals surface area contributed by atoms with Gasteiger partial charge in [0, 0.05) is 6.42 Å². The van der Waals surface area contributed by atoms with Crippen LogP contribution >= 0.6 is 59.7 Å². The van der Waals surface area contributed by atoms with E-state index in [1.165, 1.54) is 12.8 Å². The van der Waals surface area contributed by atoms with Gasteiger partial charge in [0.2, 0.25) is 0 Å². The van der Waals surface area contributed by atoms with Crippen LogP contribution in [0.4, 0.5) is 0 Å². The topological polar surface area (TPSA) is 0 Å². The van der Waals surface area contributed by atoms with Crippen molar-refractivity contribution in [3.63, 3.8) is 0 Å². The normalized spacial score (nSPS) is 66.0. The van der Waals surface area contributed by atoms with Crippen LogP contribution in [0.1, 0.15) is 33.6 Å². The van der Waals surface area contributed by atoms with Gasteiger partial charge in [0.05, 0.1) is 12.2 Å². The summed E-state index contributed by atoms with van der Waals surface area (Å²) in [6.45, 7) is 7.22. The molecule has 0 aromatic heterocycles. The van der Waals surface area contributed by atoms with Gasteiger partial charge in [-0.15, -0.1) is 47.0 Å². The van der Waals surface area contributed by atoms with Crippen LogP contribution < -0.4 is 0 Å². The summed E-state index contributed by atoms with van der Waals surface area (Å²) in [6.07, 6.45) is 2.53. The van der Waals surface area contributed by atoms with Crippen LogP contribution in [0.25, 0.3) is 0 Å². The average Bonchev–Trinajstić information content (AvgIpc) is 1.67. The third-order valence-electron chi connectivity index (χ3n) is 2.80. The molecule has 4 atom stereocenters. The number of rotatable bonds is 0. The largest absolute Gasteiger partial charge is 0.151 e. The molecule has 4 rings (SSSR count). The fourth-order valence-corrected chi connectivity index (χ4v) is 17.2. The van der Waals surface area contributed by atoms with Gasteiger partial charge >= 0.3 is 0 Å². The molecule has 14 heavy (non-hydrogen) atoms. The minimum atomic E-state index is 0.174. The van der Waals surface area contributed by atoms with E-state index in [0.717, 1.165) is 0 Å². The molecule has 4 heterocycles. The van der Waals surface area contributed by atoms with Crippen molar-refractivity contribution in [1.29, 1.82) is 0 Å². The highest BCUT2D eigenvalue weighted by molar-refractivity contribution is 8.42. The highest BCUT2D eigenvalue weighted by Crippen LogP contribution is 2.81. The molecule has 0 aromatic carbocycles. The molecule has 0 N–H and O–H groups in total. The van der Waals surface area contributed by atoms with Crippen LogP contribution in [-0.4, -0.2) is 15.6 Å². The summed E-state index contributed by atoms with van der Waals surface area (Å²) in [7, 11) is 0. The predicted octanol–water partition coefficient (Wildman–Crippen LogP) is 4.47. The SMILES string of the molecule is CC12CC3(S)S[C@@](C)(C[C@](C)(S1)S3)S2. The van der Waals surface area contributed by atoms with Gasteiger partial charge < -0.3 is 0 Å². The molecule has 4 fully saturated rings. The molecule has 0 radical (unpaired) electrons. The Labute approximate surface area is 108 Å². The molecule has 4 aliphatic heterocycles. The lowest BCUT2D eigenvalue weighted by molar-refractivity contribution is 0.630. The summed E-state index contributed by atoms with van der Waals surface area (Å²) >= 11 is 13.4. The average molecular weight is 283 g/mol. The van der Waals surface area contributed by atoms with Gasteiger partial charge in [0.15, 0.2) is 0 Å². The monoisotopic (exact) mass is 282 g/mol. The van der Waals surface area contributed by atoms with Crippen molar-refractivity contribution in [3.05, 3.63) is 0 Å². The Balaban J connectivity index is 2.08. The van der Waals surface area contributed by atoms with Gasteiger partial charge in [-0.1, -0.05) is 0 Å². The highest BCUT2D eigenvalue weighted by atomic mass is 32.3. The Morgan fingerprint density at radius 1 is 0.786 bits per heavy atom. The first-order valence-corrected chi connectivity index (χ1v) is 8.48. The summed E-state index contributed by atoms with van der Waals surface area (Å²) in [5.41, 5.74) is 0. The molecule has 4 saturated heterocycles. The van der Waals surface area contributed by atoms with E-state index in [1.807, 2.05) is 0 Å². The van der Waals surface area contributed by atoms with E-state index in [2.05, 4.69) is 67.8 Å². The third kappa shape index (κ3) is 1.57. The maximum atomic E-state index is 4.91. The number of hydrogen-bond acceptors (Lipinski definition) is 5. The lowest BCUT2D eigenvalue weighted by Crippen LogP contribution is -2.55. The van der Waals surface area contributed by atoms with Crippen molar-refractivity contribution < 1.29 is 0 Å². The first-order valence-electron chi connectivity index (χ1n) is 4.77. The third-order valence-corrected chi connectivity index (χ3v) is 9.89. The maximum absolute atomic E-state index is 4.91. The van der Waals surface area contributed by atoms with Crippen LogP contribution in [0.15, 0.2) is 0 Å². The van der Waals surface area contributed by atoms with E-state index in [9.17, 15) is 0 Å². The summed E-state index contributed by atoms with van der Waals surface area (Å²) in [5.74, 6) is 0. The van der Waals surface area contributed by atoms with Crippen molar-refractivity contribution in [2.24, 2.45) is 0 Å². The Hall–Kier alpha value is 1.75. The highest BCUT2D eigenvalue weighted by Gasteiger charge is 2.65. The standard InChI is InChI=1S/C9H14S5/c1-6-4-7(2)12-8(3,11-6)5-9(10,13-6)14-7/h10H,4-5H2,1-3H3/t6-,7+,8?,9?. The Bertz CT molecular complexity index is 206. The summed E-state index contributed by atoms with van der Waals surface area (Å²) in [4.78, 5) is 0. The summed E-state index contributed by atoms with van der Waals surface area (Å²) in [6, 6.07) is 0. The van der Waals surface area contributed by atoms with Crippen molar-refractivity contribution in [2.45, 2.75) is 49.3 Å². The molecule has 0 aromatic rings. The molecule has 0 spiro atoms. The van der Waals surface area contributed by atoms with Crippen molar-refractivity contribution in [2.75, 3.05) is 0 Å². The van der Waals surface area contributed by atoms with Gasteiger partial charge in [-0.25, -0.2) is 0 Å². The van der Waals surface area contributed by atoms with Gasteiger partial charge in [-0.3, -0.25) is 0 Å². The second-order valence-electron chi connectivity index (χ2n) is 4.88. The van der Waals surface area contributed by atoms with Crippen molar-refractivity contribution >= 4 is 59.7 Å². The molecule has 80 valence electrons. The van der Waals surface area contributed by atoms with Crippen LogP contribution in [0, 0.1) is 0 Å². The number of hydrogen-bond donors (Lipinski definition) is 1. The molecule has 0 amide bonds. The lowest BCUT2D eigenvalue weighted by atomic mass is 10.2. The Kier molecular flexibility index (Phi) is 2.15. The zero-order chi connectivity index (χ0) is 10.2. The fourth-order valence-electron chi connectivity index (χ4n) is 2.95. The van der Waals surface area contributed by atoms with Crippen LogP contribution in [0.5, 0.6) is 0 Å². The summed E-state index contributed by atoms with van der Waals surface area (Å²) in [5, 5.41) is 0. The second kappa shape index (κ2) is 2.77. The molecule has 4 aliphatic rings. The zero-order valence-corrected chi connectivity index (χ0v) is 12.7. The smallest absolute Gasteiger partial charge is 0.108 e. The first kappa shape index (κ1) is 10.9. The van der Waals surface area contributed by atoms with Gasteiger partial charge in [-0.05, 0) is 27.2 Å². The van der Waals surface area contributed by atoms with E-state index in [4.69, 9.17) is 12.6 Å². The molecule has 2 unspecified atom stereocenters. The molecule has 0 saturated carbocycles. The zero-order valence-electron chi connectivity index (χ0n) is 8.49. The van der Waals surface area contributed by atoms with Crippen LogP contribution in [0.2, 0.25) is 0 Å². The number of thiol groups is 1. The Morgan fingerprint density at radius 2 is 1.21 bits per heavy atom. The minimum absolute atomic E-state index is 0.174. The summed E-state index contributed by atoms with van der Waals surface area (Å²) < 4.78 is 1.38. The molecular weight excluding hydrogens is 268 g/mol. The van der Waals surface area contributed by atoms with Gasteiger partial charge in [0.1, 0.15) is 3.41 Å². The molecule has 4 bridgehead atoms.